The molecule has 0 amide bonds. The second-order valence-electron chi connectivity index (χ2n) is 4.72. The van der Waals surface area contributed by atoms with E-state index in [2.05, 4.69) is 0 Å². The van der Waals surface area contributed by atoms with Crippen LogP contribution in [0.4, 0.5) is 0 Å². The highest BCUT2D eigenvalue weighted by Crippen LogP contribution is 2.40. The molecule has 1 saturated carbocycles. The number of aliphatic carboxylic acids is 1. The normalized spacial score (nSPS) is 33.8. The minimum Gasteiger partial charge on any atom is -0.480 e. The van der Waals surface area contributed by atoms with Crippen molar-refractivity contribution < 1.29 is 9.90 Å². The fourth-order valence-corrected chi connectivity index (χ4v) is 2.11. The van der Waals surface area contributed by atoms with E-state index >= 15 is 0 Å². The Hall–Kier alpha value is -0.570. The second kappa shape index (κ2) is 3.29. The van der Waals surface area contributed by atoms with Gasteiger partial charge >= 0.3 is 5.97 Å². The van der Waals surface area contributed by atoms with Crippen LogP contribution in [0.1, 0.15) is 46.0 Å². The molecule has 0 aliphatic heterocycles. The molecule has 1 unspecified atom stereocenters. The van der Waals surface area contributed by atoms with Crippen LogP contribution in [0.3, 0.4) is 0 Å². The second-order valence-corrected chi connectivity index (χ2v) is 4.72. The molecule has 1 aliphatic carbocycles. The Morgan fingerprint density at radius 2 is 1.77 bits per heavy atom. The van der Waals surface area contributed by atoms with Gasteiger partial charge in [-0.2, -0.15) is 0 Å². The Labute approximate surface area is 79.3 Å². The van der Waals surface area contributed by atoms with E-state index in [4.69, 9.17) is 10.8 Å². The predicted molar refractivity (Wildman–Crippen MR) is 51.4 cm³/mol. The summed E-state index contributed by atoms with van der Waals surface area (Å²) in [4.78, 5) is 11.1. The number of carboxylic acids is 1. The summed E-state index contributed by atoms with van der Waals surface area (Å²) in [6.45, 7) is 3.93. The molecule has 0 aromatic rings. The summed E-state index contributed by atoms with van der Waals surface area (Å²) in [5.41, 5.74) is 4.67. The Balaban J connectivity index is 2.95. The van der Waals surface area contributed by atoms with E-state index in [0.29, 0.717) is 6.42 Å². The average molecular weight is 185 g/mol. The van der Waals surface area contributed by atoms with Crippen molar-refractivity contribution in [3.63, 3.8) is 0 Å². The number of hydrogen-bond acceptors (Lipinski definition) is 2. The highest BCUT2D eigenvalue weighted by Gasteiger charge is 2.48. The van der Waals surface area contributed by atoms with Gasteiger partial charge in [0.05, 0.1) is 0 Å². The lowest BCUT2D eigenvalue weighted by Gasteiger charge is -2.39. The lowest BCUT2D eigenvalue weighted by atomic mass is 9.69. The molecule has 0 heterocycles. The van der Waals surface area contributed by atoms with E-state index in [9.17, 15) is 4.79 Å². The summed E-state index contributed by atoms with van der Waals surface area (Å²) < 4.78 is 0. The van der Waals surface area contributed by atoms with Gasteiger partial charge in [-0.15, -0.1) is 0 Å². The van der Waals surface area contributed by atoms with Crippen LogP contribution in [0, 0.1) is 5.41 Å². The van der Waals surface area contributed by atoms with Gasteiger partial charge in [0, 0.05) is 0 Å². The largest absolute Gasteiger partial charge is 0.480 e. The van der Waals surface area contributed by atoms with E-state index in [1.807, 2.05) is 13.8 Å². The van der Waals surface area contributed by atoms with Crippen LogP contribution < -0.4 is 5.73 Å². The third-order valence-corrected chi connectivity index (χ3v) is 3.46. The molecule has 1 atom stereocenters. The summed E-state index contributed by atoms with van der Waals surface area (Å²) in [6.07, 6.45) is 4.66. The SMILES string of the molecule is CC1(C)CCCCCC1(N)C(=O)O. The van der Waals surface area contributed by atoms with E-state index < -0.39 is 11.5 Å². The number of nitrogens with two attached hydrogens (primary N) is 1. The fourth-order valence-electron chi connectivity index (χ4n) is 2.11. The van der Waals surface area contributed by atoms with Crippen LogP contribution >= 0.6 is 0 Å². The smallest absolute Gasteiger partial charge is 0.324 e. The fraction of sp³-hybridized carbons (Fsp3) is 0.900. The van der Waals surface area contributed by atoms with Gasteiger partial charge in [0.15, 0.2) is 0 Å². The predicted octanol–water partition coefficient (Wildman–Crippen LogP) is 1.76. The topological polar surface area (TPSA) is 63.3 Å². The molecule has 3 N–H and O–H groups in total. The van der Waals surface area contributed by atoms with Crippen LogP contribution in [0.2, 0.25) is 0 Å². The molecule has 1 rings (SSSR count). The molecule has 1 fully saturated rings. The maximum absolute atomic E-state index is 11.1. The van der Waals surface area contributed by atoms with Crippen LogP contribution in [0.25, 0.3) is 0 Å². The molecule has 0 aromatic carbocycles. The molecule has 0 aromatic heterocycles. The molecule has 3 heteroatoms. The summed E-state index contributed by atoms with van der Waals surface area (Å²) in [6, 6.07) is 0. The Morgan fingerprint density at radius 1 is 1.23 bits per heavy atom. The summed E-state index contributed by atoms with van der Waals surface area (Å²) in [7, 11) is 0. The third kappa shape index (κ3) is 1.70. The summed E-state index contributed by atoms with van der Waals surface area (Å²) in [5, 5.41) is 9.13. The number of rotatable bonds is 1. The minimum absolute atomic E-state index is 0.282. The van der Waals surface area contributed by atoms with Crippen LogP contribution in [-0.2, 0) is 4.79 Å². The molecular formula is C10H19NO2. The van der Waals surface area contributed by atoms with Crippen LogP contribution in [-0.4, -0.2) is 16.6 Å². The van der Waals surface area contributed by atoms with E-state index in [1.165, 1.54) is 0 Å². The number of carbonyl (C=O) groups is 1. The van der Waals surface area contributed by atoms with Crippen molar-refractivity contribution in [1.82, 2.24) is 0 Å². The molecule has 0 bridgehead atoms. The van der Waals surface area contributed by atoms with Crippen molar-refractivity contribution in [3.05, 3.63) is 0 Å². The number of carboxylic acid groups (broad SMARTS) is 1. The monoisotopic (exact) mass is 185 g/mol. The third-order valence-electron chi connectivity index (χ3n) is 3.46. The summed E-state index contributed by atoms with van der Waals surface area (Å²) in [5.74, 6) is -0.848. The molecule has 3 nitrogen and oxygen atoms in total. The molecule has 1 aliphatic rings. The molecule has 0 spiro atoms. The van der Waals surface area contributed by atoms with Gasteiger partial charge in [0.25, 0.3) is 0 Å². The first kappa shape index (κ1) is 10.5. The first-order valence-electron chi connectivity index (χ1n) is 4.92. The van der Waals surface area contributed by atoms with Crippen molar-refractivity contribution >= 4 is 5.97 Å². The zero-order chi connectivity index (χ0) is 10.1. The van der Waals surface area contributed by atoms with Gasteiger partial charge in [-0.1, -0.05) is 33.1 Å². The highest BCUT2D eigenvalue weighted by molar-refractivity contribution is 5.79. The lowest BCUT2D eigenvalue weighted by Crippen LogP contribution is -2.58. The Morgan fingerprint density at radius 3 is 2.31 bits per heavy atom. The van der Waals surface area contributed by atoms with Gasteiger partial charge < -0.3 is 10.8 Å². The van der Waals surface area contributed by atoms with Gasteiger partial charge in [-0.25, -0.2) is 0 Å². The van der Waals surface area contributed by atoms with Gasteiger partial charge in [-0.3, -0.25) is 4.79 Å². The zero-order valence-corrected chi connectivity index (χ0v) is 8.47. The van der Waals surface area contributed by atoms with Crippen LogP contribution in [0.15, 0.2) is 0 Å². The van der Waals surface area contributed by atoms with Crippen molar-refractivity contribution in [1.29, 1.82) is 0 Å². The van der Waals surface area contributed by atoms with E-state index in [1.54, 1.807) is 0 Å². The van der Waals surface area contributed by atoms with Crippen molar-refractivity contribution in [2.75, 3.05) is 0 Å². The van der Waals surface area contributed by atoms with Gasteiger partial charge in [0.1, 0.15) is 5.54 Å². The maximum atomic E-state index is 11.1. The minimum atomic E-state index is -1.02. The number of hydrogen-bond donors (Lipinski definition) is 2. The standard InChI is InChI=1S/C10H19NO2/c1-9(2)6-4-3-5-7-10(9,11)8(12)13/h3-7,11H2,1-2H3,(H,12,13). The molecular weight excluding hydrogens is 166 g/mol. The quantitative estimate of drug-likeness (QED) is 0.612. The molecule has 0 radical (unpaired) electrons. The van der Waals surface area contributed by atoms with Crippen molar-refractivity contribution in [2.24, 2.45) is 11.1 Å². The highest BCUT2D eigenvalue weighted by atomic mass is 16.4. The van der Waals surface area contributed by atoms with E-state index in [0.717, 1.165) is 25.7 Å². The zero-order valence-electron chi connectivity index (χ0n) is 8.47. The van der Waals surface area contributed by atoms with E-state index in [-0.39, 0.29) is 5.41 Å². The Bertz CT molecular complexity index is 213. The van der Waals surface area contributed by atoms with Gasteiger partial charge in [-0.05, 0) is 18.3 Å². The summed E-state index contributed by atoms with van der Waals surface area (Å²) >= 11 is 0. The van der Waals surface area contributed by atoms with Crippen molar-refractivity contribution in [2.45, 2.75) is 51.5 Å². The van der Waals surface area contributed by atoms with Crippen molar-refractivity contribution in [3.8, 4) is 0 Å². The first-order valence-corrected chi connectivity index (χ1v) is 4.92. The average Bonchev–Trinajstić information content (AvgIpc) is 2.13. The maximum Gasteiger partial charge on any atom is 0.324 e. The van der Waals surface area contributed by atoms with Crippen LogP contribution in [0.5, 0.6) is 0 Å². The first-order chi connectivity index (χ1) is 5.90. The molecule has 13 heavy (non-hydrogen) atoms. The Kier molecular flexibility index (Phi) is 2.66. The lowest BCUT2D eigenvalue weighted by molar-refractivity contribution is -0.148. The van der Waals surface area contributed by atoms with Gasteiger partial charge in [0.2, 0.25) is 0 Å². The molecule has 0 saturated heterocycles. The molecule has 76 valence electrons.